The Balaban J connectivity index is 1.88. The molecular formula is C21H32N2O2. The van der Waals surface area contributed by atoms with Crippen molar-refractivity contribution in [1.82, 2.24) is 10.2 Å². The number of nitrogens with one attached hydrogen (secondary N) is 1. The molecule has 0 aromatic heterocycles. The van der Waals surface area contributed by atoms with Crippen molar-refractivity contribution >= 4 is 11.8 Å². The summed E-state index contributed by atoms with van der Waals surface area (Å²) in [6.45, 7) is 7.65. The van der Waals surface area contributed by atoms with Crippen LogP contribution in [0.1, 0.15) is 64.4 Å². The molecule has 1 heterocycles. The first-order chi connectivity index (χ1) is 12.1. The lowest BCUT2D eigenvalue weighted by Crippen LogP contribution is -2.48. The van der Waals surface area contributed by atoms with Crippen LogP contribution in [0, 0.1) is 5.92 Å². The lowest BCUT2D eigenvalue weighted by molar-refractivity contribution is -0.134. The normalized spacial score (nSPS) is 16.7. The fourth-order valence-electron chi connectivity index (χ4n) is 3.68. The second kappa shape index (κ2) is 9.59. The van der Waals surface area contributed by atoms with Crippen LogP contribution in [0.15, 0.2) is 30.3 Å². The minimum absolute atomic E-state index is 0.0584. The molecular weight excluding hydrogens is 312 g/mol. The Morgan fingerprint density at radius 3 is 2.16 bits per heavy atom. The molecule has 1 aliphatic rings. The molecule has 1 aliphatic heterocycles. The van der Waals surface area contributed by atoms with Crippen LogP contribution >= 0.6 is 0 Å². The number of nitrogens with zero attached hydrogens (tertiary/aromatic N) is 1. The first-order valence-corrected chi connectivity index (χ1v) is 9.74. The van der Waals surface area contributed by atoms with Crippen molar-refractivity contribution in [3.8, 4) is 0 Å². The third-order valence-electron chi connectivity index (χ3n) is 5.42. The van der Waals surface area contributed by atoms with Crippen molar-refractivity contribution < 1.29 is 9.59 Å². The smallest absolute Gasteiger partial charge is 0.230 e. The van der Waals surface area contributed by atoms with Crippen LogP contribution in [-0.4, -0.2) is 35.8 Å². The topological polar surface area (TPSA) is 49.4 Å². The molecule has 1 atom stereocenters. The average Bonchev–Trinajstić information content (AvgIpc) is 2.65. The van der Waals surface area contributed by atoms with Crippen molar-refractivity contribution in [2.24, 2.45) is 5.92 Å². The highest BCUT2D eigenvalue weighted by Gasteiger charge is 2.29. The molecule has 0 aliphatic carbocycles. The highest BCUT2D eigenvalue weighted by Crippen LogP contribution is 2.24. The molecule has 2 rings (SSSR count). The molecule has 0 bridgehead atoms. The first-order valence-electron chi connectivity index (χ1n) is 9.74. The Hall–Kier alpha value is -1.84. The lowest BCUT2D eigenvalue weighted by Gasteiger charge is -2.35. The molecule has 1 saturated heterocycles. The van der Waals surface area contributed by atoms with Crippen LogP contribution in [-0.2, 0) is 9.59 Å². The Labute approximate surface area is 152 Å². The monoisotopic (exact) mass is 344 g/mol. The van der Waals surface area contributed by atoms with E-state index in [-0.39, 0.29) is 29.7 Å². The first kappa shape index (κ1) is 19.5. The molecule has 0 saturated carbocycles. The third-order valence-corrected chi connectivity index (χ3v) is 5.42. The minimum Gasteiger partial charge on any atom is -0.353 e. The molecule has 0 radical (unpaired) electrons. The minimum atomic E-state index is -0.0584. The molecule has 4 heteroatoms. The number of carbonyl (C=O) groups excluding carboxylic acids is 2. The van der Waals surface area contributed by atoms with E-state index in [9.17, 15) is 9.59 Å². The SMILES string of the molecule is CCC(CC)C(=O)NC1CCN(C(=O)[C@H](CC)c2ccccc2)CC1. The maximum Gasteiger partial charge on any atom is 0.230 e. The summed E-state index contributed by atoms with van der Waals surface area (Å²) in [6, 6.07) is 10.2. The van der Waals surface area contributed by atoms with Gasteiger partial charge in [-0.05, 0) is 37.7 Å². The van der Waals surface area contributed by atoms with E-state index in [4.69, 9.17) is 0 Å². The summed E-state index contributed by atoms with van der Waals surface area (Å²) < 4.78 is 0. The van der Waals surface area contributed by atoms with Gasteiger partial charge in [-0.25, -0.2) is 0 Å². The van der Waals surface area contributed by atoms with Crippen LogP contribution in [0.5, 0.6) is 0 Å². The van der Waals surface area contributed by atoms with Crippen LogP contribution in [0.4, 0.5) is 0 Å². The number of benzene rings is 1. The van der Waals surface area contributed by atoms with Gasteiger partial charge in [0.1, 0.15) is 0 Å². The third kappa shape index (κ3) is 5.07. The highest BCUT2D eigenvalue weighted by atomic mass is 16.2. The molecule has 1 N–H and O–H groups in total. The molecule has 1 aromatic carbocycles. The summed E-state index contributed by atoms with van der Waals surface area (Å²) in [5, 5.41) is 3.18. The summed E-state index contributed by atoms with van der Waals surface area (Å²) in [7, 11) is 0. The van der Waals surface area contributed by atoms with Gasteiger partial charge in [-0.1, -0.05) is 51.1 Å². The summed E-state index contributed by atoms with van der Waals surface area (Å²) in [5.41, 5.74) is 1.10. The fourth-order valence-corrected chi connectivity index (χ4v) is 3.68. The second-order valence-electron chi connectivity index (χ2n) is 6.99. The summed E-state index contributed by atoms with van der Waals surface area (Å²) in [4.78, 5) is 27.1. The molecule has 0 spiro atoms. The van der Waals surface area contributed by atoms with E-state index in [2.05, 4.69) is 26.1 Å². The number of piperidine rings is 1. The van der Waals surface area contributed by atoms with Crippen molar-refractivity contribution in [3.63, 3.8) is 0 Å². The van der Waals surface area contributed by atoms with Crippen molar-refractivity contribution in [2.45, 2.75) is 64.8 Å². The molecule has 2 amide bonds. The molecule has 1 aromatic rings. The fraction of sp³-hybridized carbons (Fsp3) is 0.619. The largest absolute Gasteiger partial charge is 0.353 e. The van der Waals surface area contributed by atoms with E-state index in [1.807, 2.05) is 35.2 Å². The van der Waals surface area contributed by atoms with Gasteiger partial charge < -0.3 is 10.2 Å². The van der Waals surface area contributed by atoms with E-state index >= 15 is 0 Å². The number of carbonyl (C=O) groups is 2. The molecule has 0 unspecified atom stereocenters. The Morgan fingerprint density at radius 2 is 1.64 bits per heavy atom. The number of hydrogen-bond acceptors (Lipinski definition) is 2. The van der Waals surface area contributed by atoms with Crippen LogP contribution in [0.2, 0.25) is 0 Å². The Morgan fingerprint density at radius 1 is 1.04 bits per heavy atom. The highest BCUT2D eigenvalue weighted by molar-refractivity contribution is 5.84. The van der Waals surface area contributed by atoms with E-state index in [1.165, 1.54) is 0 Å². The Bertz CT molecular complexity index is 546. The van der Waals surface area contributed by atoms with E-state index < -0.39 is 0 Å². The number of hydrogen-bond donors (Lipinski definition) is 1. The second-order valence-corrected chi connectivity index (χ2v) is 6.99. The molecule has 25 heavy (non-hydrogen) atoms. The number of rotatable bonds is 7. The predicted octanol–water partition coefficient (Wildman–Crippen LogP) is 3.72. The summed E-state index contributed by atoms with van der Waals surface area (Å²) in [5.74, 6) is 0.447. The molecule has 4 nitrogen and oxygen atoms in total. The summed E-state index contributed by atoms with van der Waals surface area (Å²) in [6.07, 6.45) is 4.28. The predicted molar refractivity (Wildman–Crippen MR) is 101 cm³/mol. The van der Waals surface area contributed by atoms with Gasteiger partial charge in [-0.3, -0.25) is 9.59 Å². The van der Waals surface area contributed by atoms with Gasteiger partial charge in [0.25, 0.3) is 0 Å². The van der Waals surface area contributed by atoms with Crippen LogP contribution < -0.4 is 5.32 Å². The molecule has 1 fully saturated rings. The van der Waals surface area contributed by atoms with E-state index in [1.54, 1.807) is 0 Å². The molecule has 138 valence electrons. The lowest BCUT2D eigenvalue weighted by atomic mass is 9.93. The maximum atomic E-state index is 12.9. The van der Waals surface area contributed by atoms with Gasteiger partial charge in [0.15, 0.2) is 0 Å². The maximum absolute atomic E-state index is 12.9. The van der Waals surface area contributed by atoms with Crippen LogP contribution in [0.25, 0.3) is 0 Å². The number of amides is 2. The quantitative estimate of drug-likeness (QED) is 0.819. The van der Waals surface area contributed by atoms with E-state index in [0.29, 0.717) is 0 Å². The van der Waals surface area contributed by atoms with Crippen molar-refractivity contribution in [2.75, 3.05) is 13.1 Å². The number of likely N-dealkylation sites (tertiary alicyclic amines) is 1. The van der Waals surface area contributed by atoms with E-state index in [0.717, 1.165) is 50.8 Å². The van der Waals surface area contributed by atoms with Gasteiger partial charge in [0, 0.05) is 25.0 Å². The zero-order valence-electron chi connectivity index (χ0n) is 15.8. The van der Waals surface area contributed by atoms with Crippen molar-refractivity contribution in [3.05, 3.63) is 35.9 Å². The van der Waals surface area contributed by atoms with Gasteiger partial charge in [0.05, 0.1) is 5.92 Å². The zero-order valence-corrected chi connectivity index (χ0v) is 15.8. The standard InChI is InChI=1S/C21H32N2O2/c1-4-16(5-2)20(24)22-18-12-14-23(15-13-18)21(25)19(6-3)17-10-8-7-9-11-17/h7-11,16,18-19H,4-6,12-15H2,1-3H3,(H,22,24)/t19-/m1/s1. The zero-order chi connectivity index (χ0) is 18.2. The van der Waals surface area contributed by atoms with Gasteiger partial charge in [-0.15, -0.1) is 0 Å². The van der Waals surface area contributed by atoms with Gasteiger partial charge in [0.2, 0.25) is 11.8 Å². The van der Waals surface area contributed by atoms with Crippen LogP contribution in [0.3, 0.4) is 0 Å². The van der Waals surface area contributed by atoms with Gasteiger partial charge >= 0.3 is 0 Å². The Kier molecular flexibility index (Phi) is 7.48. The van der Waals surface area contributed by atoms with Gasteiger partial charge in [-0.2, -0.15) is 0 Å². The van der Waals surface area contributed by atoms with Crippen molar-refractivity contribution in [1.29, 1.82) is 0 Å². The average molecular weight is 344 g/mol. The summed E-state index contributed by atoms with van der Waals surface area (Å²) >= 11 is 0.